The van der Waals surface area contributed by atoms with Gasteiger partial charge in [0.15, 0.2) is 11.6 Å². The number of rotatable bonds is 4. The van der Waals surface area contributed by atoms with E-state index in [0.29, 0.717) is 17.9 Å². The van der Waals surface area contributed by atoms with Crippen LogP contribution in [0.25, 0.3) is 0 Å². The Morgan fingerprint density at radius 2 is 1.83 bits per heavy atom. The van der Waals surface area contributed by atoms with Crippen LogP contribution in [0, 0.1) is 23.5 Å². The fraction of sp³-hybridized carbons (Fsp3) is 0.600. The van der Waals surface area contributed by atoms with E-state index in [0.717, 1.165) is 43.8 Å². The highest BCUT2D eigenvalue weighted by molar-refractivity contribution is 5.22. The van der Waals surface area contributed by atoms with Crippen LogP contribution >= 0.6 is 0 Å². The Bertz CT molecular complexity index is 555. The first kappa shape index (κ1) is 16.6. The molecule has 1 aromatic carbocycles. The Kier molecular flexibility index (Phi) is 5.47. The molecule has 3 heteroatoms. The van der Waals surface area contributed by atoms with Crippen molar-refractivity contribution in [3.8, 4) is 0 Å². The van der Waals surface area contributed by atoms with E-state index in [-0.39, 0.29) is 0 Å². The first-order valence-electron chi connectivity index (χ1n) is 8.85. The summed E-state index contributed by atoms with van der Waals surface area (Å²) < 4.78 is 32.5. The highest BCUT2D eigenvalue weighted by atomic mass is 19.2. The third kappa shape index (κ3) is 4.00. The molecule has 2 aliphatic carbocycles. The molecule has 4 unspecified atom stereocenters. The zero-order chi connectivity index (χ0) is 16.2. The molecule has 3 rings (SSSR count). The van der Waals surface area contributed by atoms with Gasteiger partial charge >= 0.3 is 0 Å². The lowest BCUT2D eigenvalue weighted by molar-refractivity contribution is -0.00320. The van der Waals surface area contributed by atoms with Gasteiger partial charge in [0, 0.05) is 0 Å². The fourth-order valence-electron chi connectivity index (χ4n) is 4.35. The Hall–Kier alpha value is -1.22. The lowest BCUT2D eigenvalue weighted by Gasteiger charge is -2.42. The molecular weight excluding hydrogens is 294 g/mol. The quantitative estimate of drug-likeness (QED) is 0.655. The average molecular weight is 320 g/mol. The van der Waals surface area contributed by atoms with Crippen molar-refractivity contribution in [3.63, 3.8) is 0 Å². The molecule has 23 heavy (non-hydrogen) atoms. The first-order chi connectivity index (χ1) is 11.2. The Morgan fingerprint density at radius 3 is 2.61 bits per heavy atom. The number of hydrogen-bond donors (Lipinski definition) is 0. The van der Waals surface area contributed by atoms with Crippen molar-refractivity contribution < 1.29 is 13.5 Å². The Balaban J connectivity index is 1.57. The van der Waals surface area contributed by atoms with E-state index in [9.17, 15) is 8.78 Å². The molecule has 0 bridgehead atoms. The minimum atomic E-state index is -0.749. The molecule has 0 saturated heterocycles. The van der Waals surface area contributed by atoms with Gasteiger partial charge in [-0.2, -0.15) is 0 Å². The molecule has 0 aromatic heterocycles. The highest BCUT2D eigenvalue weighted by Gasteiger charge is 2.36. The maximum Gasteiger partial charge on any atom is 0.159 e. The average Bonchev–Trinajstić information content (AvgIpc) is 2.57. The van der Waals surface area contributed by atoms with Gasteiger partial charge in [-0.25, -0.2) is 8.78 Å². The van der Waals surface area contributed by atoms with Gasteiger partial charge in [-0.15, -0.1) is 0 Å². The molecule has 1 aromatic rings. The molecule has 1 nitrogen and oxygen atoms in total. The number of hydrogen-bond acceptors (Lipinski definition) is 1. The standard InChI is InChI=1S/C20H26F2O/c1-2-3-10-23-18-8-6-15-11-14(4-5-16(15)12-18)17-7-9-19(21)20(22)13-17/h2-3,7,9,13-16,18H,4-6,8,10-12H2,1H3/b3-2+. The molecule has 0 radical (unpaired) electrons. The normalized spacial score (nSPS) is 31.3. The van der Waals surface area contributed by atoms with Crippen molar-refractivity contribution >= 4 is 0 Å². The summed E-state index contributed by atoms with van der Waals surface area (Å²) in [6.45, 7) is 2.73. The van der Waals surface area contributed by atoms with Gasteiger partial charge in [0.05, 0.1) is 12.7 Å². The van der Waals surface area contributed by atoms with Crippen LogP contribution in [0.5, 0.6) is 0 Å². The summed E-state index contributed by atoms with van der Waals surface area (Å²) in [5, 5.41) is 0. The summed E-state index contributed by atoms with van der Waals surface area (Å²) in [5.74, 6) is 0.364. The van der Waals surface area contributed by atoms with Gasteiger partial charge in [-0.05, 0) is 80.9 Å². The van der Waals surface area contributed by atoms with Crippen LogP contribution in [0.4, 0.5) is 8.78 Å². The molecule has 0 aliphatic heterocycles. The van der Waals surface area contributed by atoms with Crippen molar-refractivity contribution in [1.82, 2.24) is 0 Å². The number of halogens is 2. The zero-order valence-electron chi connectivity index (χ0n) is 13.8. The number of allylic oxidation sites excluding steroid dienone is 1. The lowest BCUT2D eigenvalue weighted by atomic mass is 9.65. The molecule has 0 heterocycles. The van der Waals surface area contributed by atoms with E-state index in [2.05, 4.69) is 6.08 Å². The first-order valence-corrected chi connectivity index (χ1v) is 8.85. The minimum Gasteiger partial charge on any atom is -0.374 e. The van der Waals surface area contributed by atoms with Gasteiger partial charge < -0.3 is 4.74 Å². The molecule has 0 spiro atoms. The van der Waals surface area contributed by atoms with E-state index < -0.39 is 11.6 Å². The summed E-state index contributed by atoms with van der Waals surface area (Å²) in [6, 6.07) is 4.42. The van der Waals surface area contributed by atoms with Crippen molar-refractivity contribution in [3.05, 3.63) is 47.5 Å². The maximum absolute atomic E-state index is 13.5. The minimum absolute atomic E-state index is 0.381. The lowest BCUT2D eigenvalue weighted by Crippen LogP contribution is -2.33. The molecule has 2 fully saturated rings. The smallest absolute Gasteiger partial charge is 0.159 e. The molecular formula is C20H26F2O. The second kappa shape index (κ2) is 7.57. The Labute approximate surface area is 137 Å². The predicted molar refractivity (Wildman–Crippen MR) is 88.3 cm³/mol. The van der Waals surface area contributed by atoms with Crippen LogP contribution in [0.15, 0.2) is 30.4 Å². The SMILES string of the molecule is C/C=C/COC1CCC2CC(c3ccc(F)c(F)c3)CCC2C1. The third-order valence-corrected chi connectivity index (χ3v) is 5.64. The molecule has 0 amide bonds. The van der Waals surface area contributed by atoms with E-state index >= 15 is 0 Å². The molecule has 0 N–H and O–H groups in total. The van der Waals surface area contributed by atoms with Crippen LogP contribution < -0.4 is 0 Å². The van der Waals surface area contributed by atoms with E-state index in [1.165, 1.54) is 25.0 Å². The topological polar surface area (TPSA) is 9.23 Å². The van der Waals surface area contributed by atoms with Gasteiger partial charge in [0.2, 0.25) is 0 Å². The van der Waals surface area contributed by atoms with Crippen molar-refractivity contribution in [1.29, 1.82) is 0 Å². The summed E-state index contributed by atoms with van der Waals surface area (Å²) >= 11 is 0. The molecule has 126 valence electrons. The monoisotopic (exact) mass is 320 g/mol. The summed E-state index contributed by atoms with van der Waals surface area (Å²) in [5.41, 5.74) is 0.966. The van der Waals surface area contributed by atoms with Crippen LogP contribution in [0.2, 0.25) is 0 Å². The zero-order valence-corrected chi connectivity index (χ0v) is 13.8. The number of benzene rings is 1. The van der Waals surface area contributed by atoms with Crippen LogP contribution in [-0.2, 0) is 4.74 Å². The van der Waals surface area contributed by atoms with Crippen molar-refractivity contribution in [2.75, 3.05) is 6.61 Å². The highest BCUT2D eigenvalue weighted by Crippen LogP contribution is 2.46. The van der Waals surface area contributed by atoms with Gasteiger partial charge in [-0.3, -0.25) is 0 Å². The fourth-order valence-corrected chi connectivity index (χ4v) is 4.35. The van der Waals surface area contributed by atoms with E-state index in [4.69, 9.17) is 4.74 Å². The van der Waals surface area contributed by atoms with Gasteiger partial charge in [0.25, 0.3) is 0 Å². The summed E-state index contributed by atoms with van der Waals surface area (Å²) in [6.07, 6.45) is 11.3. The summed E-state index contributed by atoms with van der Waals surface area (Å²) in [4.78, 5) is 0. The third-order valence-electron chi connectivity index (χ3n) is 5.64. The Morgan fingerprint density at radius 1 is 1.04 bits per heavy atom. The van der Waals surface area contributed by atoms with Crippen molar-refractivity contribution in [2.45, 2.75) is 57.5 Å². The molecule has 2 saturated carbocycles. The second-order valence-electron chi connectivity index (χ2n) is 7.04. The summed E-state index contributed by atoms with van der Waals surface area (Å²) in [7, 11) is 0. The van der Waals surface area contributed by atoms with Gasteiger partial charge in [0.1, 0.15) is 0 Å². The van der Waals surface area contributed by atoms with E-state index in [1.54, 1.807) is 6.07 Å². The van der Waals surface area contributed by atoms with Gasteiger partial charge in [-0.1, -0.05) is 18.2 Å². The predicted octanol–water partition coefficient (Wildman–Crippen LogP) is 5.61. The van der Waals surface area contributed by atoms with Crippen LogP contribution in [0.1, 0.15) is 56.9 Å². The van der Waals surface area contributed by atoms with Crippen LogP contribution in [-0.4, -0.2) is 12.7 Å². The van der Waals surface area contributed by atoms with E-state index in [1.807, 2.05) is 13.0 Å². The number of ether oxygens (including phenoxy) is 1. The molecule has 4 atom stereocenters. The van der Waals surface area contributed by atoms with Crippen molar-refractivity contribution in [2.24, 2.45) is 11.8 Å². The molecule has 2 aliphatic rings. The largest absolute Gasteiger partial charge is 0.374 e. The maximum atomic E-state index is 13.5. The second-order valence-corrected chi connectivity index (χ2v) is 7.04. The van der Waals surface area contributed by atoms with Crippen LogP contribution in [0.3, 0.4) is 0 Å². The number of fused-ring (bicyclic) bond motifs is 1.